The Hall–Kier alpha value is -4.12. The van der Waals surface area contributed by atoms with Crippen LogP contribution in [0.3, 0.4) is 0 Å². The monoisotopic (exact) mass is 493 g/mol. The number of rotatable bonds is 5. The van der Waals surface area contributed by atoms with Crippen LogP contribution < -0.4 is 15.4 Å². The number of halogens is 4. The number of carbonyl (C=O) groups is 3. The quantitative estimate of drug-likeness (QED) is 0.467. The Morgan fingerprint density at radius 2 is 1.68 bits per heavy atom. The SMILES string of the molecule is COC(=O)c1cnc(Oc2ccc(NC(=O)NC(=O)c3ccccc3Cl)cc2)cc1C(F)(F)F. The highest BCUT2D eigenvalue weighted by Gasteiger charge is 2.36. The number of nitrogens with one attached hydrogen (secondary N) is 2. The smallest absolute Gasteiger partial charge is 0.417 e. The Balaban J connectivity index is 1.67. The molecule has 8 nitrogen and oxygen atoms in total. The molecule has 0 aliphatic heterocycles. The summed E-state index contributed by atoms with van der Waals surface area (Å²) < 4.78 is 49.5. The fraction of sp³-hybridized carbons (Fsp3) is 0.0909. The van der Waals surface area contributed by atoms with Crippen LogP contribution in [0.25, 0.3) is 0 Å². The molecule has 0 aliphatic carbocycles. The number of ether oxygens (including phenoxy) is 2. The van der Waals surface area contributed by atoms with E-state index in [2.05, 4.69) is 20.4 Å². The minimum absolute atomic E-state index is 0.101. The average Bonchev–Trinajstić information content (AvgIpc) is 2.79. The summed E-state index contributed by atoms with van der Waals surface area (Å²) in [6.45, 7) is 0. The maximum atomic E-state index is 13.3. The number of hydrogen-bond acceptors (Lipinski definition) is 6. The molecule has 0 saturated carbocycles. The molecule has 0 saturated heterocycles. The first kappa shape index (κ1) is 24.5. The van der Waals surface area contributed by atoms with Crippen molar-refractivity contribution < 1.29 is 37.0 Å². The van der Waals surface area contributed by atoms with E-state index in [0.717, 1.165) is 7.11 Å². The molecule has 0 bridgehead atoms. The molecule has 2 N–H and O–H groups in total. The van der Waals surface area contributed by atoms with Crippen molar-refractivity contribution in [2.24, 2.45) is 0 Å². The lowest BCUT2D eigenvalue weighted by molar-refractivity contribution is -0.138. The zero-order valence-corrected chi connectivity index (χ0v) is 18.0. The molecule has 0 atom stereocenters. The van der Waals surface area contributed by atoms with E-state index in [1.807, 2.05) is 0 Å². The number of pyridine rings is 1. The summed E-state index contributed by atoms with van der Waals surface area (Å²) in [5.74, 6) is -2.20. The van der Waals surface area contributed by atoms with Gasteiger partial charge in [0.05, 0.1) is 28.8 Å². The van der Waals surface area contributed by atoms with Crippen LogP contribution in [0.4, 0.5) is 23.7 Å². The maximum absolute atomic E-state index is 13.3. The molecular weight excluding hydrogens is 479 g/mol. The van der Waals surface area contributed by atoms with Crippen molar-refractivity contribution >= 4 is 35.2 Å². The van der Waals surface area contributed by atoms with E-state index in [9.17, 15) is 27.6 Å². The van der Waals surface area contributed by atoms with Gasteiger partial charge in [-0.1, -0.05) is 23.7 Å². The van der Waals surface area contributed by atoms with E-state index in [1.54, 1.807) is 12.1 Å². The summed E-state index contributed by atoms with van der Waals surface area (Å²) in [7, 11) is 0.954. The molecule has 0 aliphatic rings. The second kappa shape index (κ2) is 10.2. The van der Waals surface area contributed by atoms with Crippen molar-refractivity contribution in [3.63, 3.8) is 0 Å². The fourth-order valence-corrected chi connectivity index (χ4v) is 2.93. The number of esters is 1. The normalized spacial score (nSPS) is 10.9. The third kappa shape index (κ3) is 6.01. The first-order valence-corrected chi connectivity index (χ1v) is 9.76. The molecule has 0 spiro atoms. The van der Waals surface area contributed by atoms with Crippen LogP contribution in [0, 0.1) is 0 Å². The second-order valence-corrected chi connectivity index (χ2v) is 6.98. The van der Waals surface area contributed by atoms with Gasteiger partial charge in [-0.25, -0.2) is 14.6 Å². The Labute approximate surface area is 195 Å². The minimum atomic E-state index is -4.84. The Kier molecular flexibility index (Phi) is 7.37. The molecule has 3 rings (SSSR count). The van der Waals surface area contributed by atoms with E-state index in [4.69, 9.17) is 16.3 Å². The predicted molar refractivity (Wildman–Crippen MR) is 115 cm³/mol. The van der Waals surface area contributed by atoms with Gasteiger partial charge >= 0.3 is 18.2 Å². The summed E-state index contributed by atoms with van der Waals surface area (Å²) in [6.07, 6.45) is -4.13. The summed E-state index contributed by atoms with van der Waals surface area (Å²) >= 11 is 5.92. The minimum Gasteiger partial charge on any atom is -0.465 e. The standard InChI is InChI=1S/C22H15ClF3N3O5/c1-33-20(31)15-11-27-18(10-16(15)22(24,25)26)34-13-8-6-12(7-9-13)28-21(32)29-19(30)14-4-2-3-5-17(14)23/h2-11H,1H3,(H2,28,29,30,32). The topological polar surface area (TPSA) is 107 Å². The van der Waals surface area contributed by atoms with Gasteiger partial charge in [0.2, 0.25) is 5.88 Å². The molecule has 1 aromatic heterocycles. The first-order chi connectivity index (χ1) is 16.1. The number of aromatic nitrogens is 1. The molecule has 0 fully saturated rings. The molecule has 0 unspecified atom stereocenters. The lowest BCUT2D eigenvalue weighted by atomic mass is 10.1. The highest BCUT2D eigenvalue weighted by molar-refractivity contribution is 6.34. The number of urea groups is 1. The van der Waals surface area contributed by atoms with Crippen LogP contribution in [0.1, 0.15) is 26.3 Å². The molecule has 3 aromatic rings. The van der Waals surface area contributed by atoms with Gasteiger partial charge in [0, 0.05) is 18.0 Å². The fourth-order valence-electron chi connectivity index (χ4n) is 2.70. The van der Waals surface area contributed by atoms with Gasteiger partial charge in [-0.05, 0) is 36.4 Å². The van der Waals surface area contributed by atoms with Crippen LogP contribution in [0.2, 0.25) is 5.02 Å². The first-order valence-electron chi connectivity index (χ1n) is 9.39. The average molecular weight is 494 g/mol. The third-order valence-corrected chi connectivity index (χ3v) is 4.60. The largest absolute Gasteiger partial charge is 0.465 e. The van der Waals surface area contributed by atoms with Crippen LogP contribution >= 0.6 is 11.6 Å². The number of imide groups is 1. The number of methoxy groups -OCH3 is 1. The number of anilines is 1. The van der Waals surface area contributed by atoms with Crippen LogP contribution in [-0.2, 0) is 10.9 Å². The van der Waals surface area contributed by atoms with Gasteiger partial charge in [0.25, 0.3) is 5.91 Å². The highest BCUT2D eigenvalue weighted by Crippen LogP contribution is 2.35. The van der Waals surface area contributed by atoms with Gasteiger partial charge in [-0.2, -0.15) is 13.2 Å². The zero-order valence-electron chi connectivity index (χ0n) is 17.3. The Morgan fingerprint density at radius 1 is 1.00 bits per heavy atom. The molecule has 2 aromatic carbocycles. The molecule has 12 heteroatoms. The predicted octanol–water partition coefficient (Wildman–Crippen LogP) is 5.29. The number of nitrogens with zero attached hydrogens (tertiary/aromatic N) is 1. The maximum Gasteiger partial charge on any atom is 0.417 e. The van der Waals surface area contributed by atoms with E-state index < -0.39 is 41.1 Å². The third-order valence-electron chi connectivity index (χ3n) is 4.27. The second-order valence-electron chi connectivity index (χ2n) is 6.57. The van der Waals surface area contributed by atoms with Crippen molar-refractivity contribution in [1.82, 2.24) is 10.3 Å². The van der Waals surface area contributed by atoms with Crippen LogP contribution in [0.5, 0.6) is 11.6 Å². The number of alkyl halides is 3. The van der Waals surface area contributed by atoms with Gasteiger partial charge in [0.1, 0.15) is 5.75 Å². The number of amides is 3. The van der Waals surface area contributed by atoms with Gasteiger partial charge < -0.3 is 14.8 Å². The van der Waals surface area contributed by atoms with Crippen molar-refractivity contribution in [3.8, 4) is 11.6 Å². The molecule has 0 radical (unpaired) electrons. The van der Waals surface area contributed by atoms with E-state index in [-0.39, 0.29) is 22.0 Å². The van der Waals surface area contributed by atoms with Crippen molar-refractivity contribution in [2.75, 3.05) is 12.4 Å². The lowest BCUT2D eigenvalue weighted by Crippen LogP contribution is -2.34. The van der Waals surface area contributed by atoms with Gasteiger partial charge in [0.15, 0.2) is 0 Å². The lowest BCUT2D eigenvalue weighted by Gasteiger charge is -2.13. The number of carbonyl (C=O) groups excluding carboxylic acids is 3. The molecule has 3 amide bonds. The Bertz CT molecular complexity index is 1230. The zero-order chi connectivity index (χ0) is 24.9. The summed E-state index contributed by atoms with van der Waals surface area (Å²) in [5, 5.41) is 4.72. The highest BCUT2D eigenvalue weighted by atomic mass is 35.5. The molecule has 176 valence electrons. The van der Waals surface area contributed by atoms with Crippen molar-refractivity contribution in [1.29, 1.82) is 0 Å². The molecule has 1 heterocycles. The summed E-state index contributed by atoms with van der Waals surface area (Å²) in [5.41, 5.74) is -1.63. The number of benzene rings is 2. The van der Waals surface area contributed by atoms with E-state index in [0.29, 0.717) is 12.3 Å². The number of hydrogen-bond donors (Lipinski definition) is 2. The van der Waals surface area contributed by atoms with Crippen LogP contribution in [0.15, 0.2) is 60.8 Å². The van der Waals surface area contributed by atoms with Gasteiger partial charge in [-0.15, -0.1) is 0 Å². The Morgan fingerprint density at radius 3 is 2.29 bits per heavy atom. The molecule has 34 heavy (non-hydrogen) atoms. The summed E-state index contributed by atoms with van der Waals surface area (Å²) in [4.78, 5) is 39.4. The van der Waals surface area contributed by atoms with Crippen LogP contribution in [-0.4, -0.2) is 30.0 Å². The van der Waals surface area contributed by atoms with E-state index >= 15 is 0 Å². The van der Waals surface area contributed by atoms with Crippen molar-refractivity contribution in [2.45, 2.75) is 6.18 Å². The molecular formula is C22H15ClF3N3O5. The van der Waals surface area contributed by atoms with Gasteiger partial charge in [-0.3, -0.25) is 10.1 Å². The van der Waals surface area contributed by atoms with E-state index in [1.165, 1.54) is 36.4 Å². The summed E-state index contributed by atoms with van der Waals surface area (Å²) in [6, 6.07) is 11.4. The van der Waals surface area contributed by atoms with Crippen molar-refractivity contribution in [3.05, 3.63) is 82.5 Å².